The zero-order valence-electron chi connectivity index (χ0n) is 19.0. The van der Waals surface area contributed by atoms with Gasteiger partial charge < -0.3 is 15.4 Å². The molecule has 1 atom stereocenters. The molecular formula is C24H31N5O2S. The van der Waals surface area contributed by atoms with Crippen molar-refractivity contribution in [2.75, 3.05) is 50.5 Å². The molecule has 0 unspecified atom stereocenters. The number of hydrogen-bond donors (Lipinski definition) is 2. The Hall–Kier alpha value is -2.55. The van der Waals surface area contributed by atoms with E-state index in [2.05, 4.69) is 44.8 Å². The fourth-order valence-corrected chi connectivity index (χ4v) is 4.99. The summed E-state index contributed by atoms with van der Waals surface area (Å²) in [5.74, 6) is 1.20. The molecule has 0 bridgehead atoms. The summed E-state index contributed by atoms with van der Waals surface area (Å²) in [6, 6.07) is 10.5. The average molecular weight is 454 g/mol. The van der Waals surface area contributed by atoms with Crippen LogP contribution in [-0.4, -0.2) is 60.7 Å². The minimum absolute atomic E-state index is 0.00667. The number of carbonyl (C=O) groups excluding carboxylic acids is 1. The quantitative estimate of drug-likeness (QED) is 0.498. The maximum atomic E-state index is 12.6. The van der Waals surface area contributed by atoms with Crippen LogP contribution in [0.3, 0.4) is 0 Å². The molecule has 170 valence electrons. The van der Waals surface area contributed by atoms with Gasteiger partial charge in [-0.1, -0.05) is 24.3 Å². The van der Waals surface area contributed by atoms with Crippen molar-refractivity contribution in [2.45, 2.75) is 32.6 Å². The molecule has 1 fully saturated rings. The summed E-state index contributed by atoms with van der Waals surface area (Å²) in [7, 11) is 1.70. The largest absolute Gasteiger partial charge is 0.383 e. The summed E-state index contributed by atoms with van der Waals surface area (Å²) in [5.41, 5.74) is 2.06. The SMILES string of the molecule is COCCNc1nc([C@H]2CCCN(CC(=O)Nc3nc(C)c(C)s3)C2)cc2ccccc12. The van der Waals surface area contributed by atoms with Crippen molar-refractivity contribution in [3.8, 4) is 0 Å². The Kier molecular flexibility index (Phi) is 7.34. The number of amides is 1. The molecule has 8 heteroatoms. The van der Waals surface area contributed by atoms with E-state index in [0.717, 1.165) is 53.4 Å². The van der Waals surface area contributed by atoms with Crippen LogP contribution in [0.2, 0.25) is 0 Å². The van der Waals surface area contributed by atoms with Crippen molar-refractivity contribution >= 4 is 39.0 Å². The Morgan fingerprint density at radius 3 is 2.91 bits per heavy atom. The van der Waals surface area contributed by atoms with Gasteiger partial charge in [-0.3, -0.25) is 9.69 Å². The first-order chi connectivity index (χ1) is 15.5. The van der Waals surface area contributed by atoms with E-state index >= 15 is 0 Å². The molecule has 1 saturated heterocycles. The number of thiazole rings is 1. The van der Waals surface area contributed by atoms with Gasteiger partial charge in [-0.15, -0.1) is 11.3 Å². The first-order valence-corrected chi connectivity index (χ1v) is 11.9. The number of methoxy groups -OCH3 is 1. The molecule has 2 N–H and O–H groups in total. The molecule has 0 spiro atoms. The van der Waals surface area contributed by atoms with Gasteiger partial charge in [-0.05, 0) is 44.7 Å². The van der Waals surface area contributed by atoms with Crippen LogP contribution in [0, 0.1) is 13.8 Å². The number of pyridine rings is 1. The molecule has 0 saturated carbocycles. The predicted molar refractivity (Wildman–Crippen MR) is 131 cm³/mol. The zero-order valence-corrected chi connectivity index (χ0v) is 19.8. The highest BCUT2D eigenvalue weighted by molar-refractivity contribution is 7.15. The van der Waals surface area contributed by atoms with Crippen LogP contribution < -0.4 is 10.6 Å². The Bertz CT molecular complexity index is 1060. The minimum atomic E-state index is -0.00667. The molecular weight excluding hydrogens is 422 g/mol. The molecule has 0 aliphatic carbocycles. The third-order valence-corrected chi connectivity index (χ3v) is 6.91. The maximum Gasteiger partial charge on any atom is 0.240 e. The van der Waals surface area contributed by atoms with Gasteiger partial charge in [0.05, 0.1) is 18.8 Å². The number of piperidine rings is 1. The lowest BCUT2D eigenvalue weighted by Gasteiger charge is -2.32. The molecule has 7 nitrogen and oxygen atoms in total. The van der Waals surface area contributed by atoms with Crippen LogP contribution in [0.15, 0.2) is 30.3 Å². The fourth-order valence-electron chi connectivity index (χ4n) is 4.16. The molecule has 1 aliphatic heterocycles. The molecule has 32 heavy (non-hydrogen) atoms. The second-order valence-electron chi connectivity index (χ2n) is 8.32. The van der Waals surface area contributed by atoms with E-state index in [0.29, 0.717) is 30.7 Å². The van der Waals surface area contributed by atoms with E-state index in [1.165, 1.54) is 16.7 Å². The van der Waals surface area contributed by atoms with Crippen LogP contribution in [0.25, 0.3) is 10.8 Å². The van der Waals surface area contributed by atoms with Crippen LogP contribution in [0.1, 0.15) is 35.0 Å². The topological polar surface area (TPSA) is 79.4 Å². The average Bonchev–Trinajstić information content (AvgIpc) is 3.10. The van der Waals surface area contributed by atoms with Crippen molar-refractivity contribution in [2.24, 2.45) is 0 Å². The number of aromatic nitrogens is 2. The predicted octanol–water partition coefficient (Wildman–Crippen LogP) is 4.18. The number of hydrogen-bond acceptors (Lipinski definition) is 7. The number of aryl methyl sites for hydroxylation is 2. The summed E-state index contributed by atoms with van der Waals surface area (Å²) in [6.07, 6.45) is 2.13. The van der Waals surface area contributed by atoms with Crippen LogP contribution in [0.4, 0.5) is 10.9 Å². The summed E-state index contributed by atoms with van der Waals surface area (Å²) in [4.78, 5) is 25.4. The summed E-state index contributed by atoms with van der Waals surface area (Å²) >= 11 is 1.53. The molecule has 3 heterocycles. The summed E-state index contributed by atoms with van der Waals surface area (Å²) in [5, 5.41) is 9.37. The van der Waals surface area contributed by atoms with Gasteiger partial charge in [0.2, 0.25) is 5.91 Å². The highest BCUT2D eigenvalue weighted by Crippen LogP contribution is 2.31. The Labute approximate surface area is 193 Å². The molecule has 1 aromatic carbocycles. The maximum absolute atomic E-state index is 12.6. The highest BCUT2D eigenvalue weighted by Gasteiger charge is 2.25. The molecule has 1 aliphatic rings. The number of nitrogens with one attached hydrogen (secondary N) is 2. The first-order valence-electron chi connectivity index (χ1n) is 11.1. The van der Waals surface area contributed by atoms with E-state index in [4.69, 9.17) is 9.72 Å². The van der Waals surface area contributed by atoms with E-state index < -0.39 is 0 Å². The third kappa shape index (κ3) is 5.43. The summed E-state index contributed by atoms with van der Waals surface area (Å²) in [6.45, 7) is 7.45. The van der Waals surface area contributed by atoms with Gasteiger partial charge in [0.25, 0.3) is 0 Å². The third-order valence-electron chi connectivity index (χ3n) is 5.92. The van der Waals surface area contributed by atoms with Gasteiger partial charge in [0, 0.05) is 42.1 Å². The van der Waals surface area contributed by atoms with E-state index in [-0.39, 0.29) is 5.91 Å². The molecule has 3 aromatic rings. The smallest absolute Gasteiger partial charge is 0.240 e. The van der Waals surface area contributed by atoms with Gasteiger partial charge in [-0.2, -0.15) is 0 Å². The molecule has 2 aromatic heterocycles. The Morgan fingerprint density at radius 2 is 2.12 bits per heavy atom. The monoisotopic (exact) mass is 453 g/mol. The van der Waals surface area contributed by atoms with Crippen molar-refractivity contribution < 1.29 is 9.53 Å². The van der Waals surface area contributed by atoms with E-state index in [9.17, 15) is 4.79 Å². The van der Waals surface area contributed by atoms with Crippen LogP contribution >= 0.6 is 11.3 Å². The lowest BCUT2D eigenvalue weighted by Crippen LogP contribution is -2.40. The van der Waals surface area contributed by atoms with Gasteiger partial charge in [-0.25, -0.2) is 9.97 Å². The standard InChI is InChI=1S/C24H31N5O2S/c1-16-17(2)32-24(26-16)28-22(30)15-29-11-6-8-19(14-29)21-13-18-7-4-5-9-20(18)23(27-21)25-10-12-31-3/h4-5,7,9,13,19H,6,8,10-12,14-15H2,1-3H3,(H,25,27)(H,26,28,30)/t19-/m0/s1. The second-order valence-corrected chi connectivity index (χ2v) is 9.52. The van der Waals surface area contributed by atoms with E-state index in [1.54, 1.807) is 7.11 Å². The lowest BCUT2D eigenvalue weighted by atomic mass is 9.93. The Balaban J connectivity index is 1.45. The van der Waals surface area contributed by atoms with Crippen LogP contribution in [-0.2, 0) is 9.53 Å². The minimum Gasteiger partial charge on any atom is -0.383 e. The second kappa shape index (κ2) is 10.4. The lowest BCUT2D eigenvalue weighted by molar-refractivity contribution is -0.117. The number of benzene rings is 1. The Morgan fingerprint density at radius 1 is 1.28 bits per heavy atom. The zero-order chi connectivity index (χ0) is 22.5. The molecule has 0 radical (unpaired) electrons. The number of rotatable bonds is 8. The fraction of sp³-hybridized carbons (Fsp3) is 0.458. The van der Waals surface area contributed by atoms with Crippen LogP contribution in [0.5, 0.6) is 0 Å². The van der Waals surface area contributed by atoms with E-state index in [1.807, 2.05) is 19.9 Å². The van der Waals surface area contributed by atoms with Gasteiger partial charge >= 0.3 is 0 Å². The number of anilines is 2. The summed E-state index contributed by atoms with van der Waals surface area (Å²) < 4.78 is 5.19. The van der Waals surface area contributed by atoms with Crippen molar-refractivity contribution in [3.63, 3.8) is 0 Å². The molecule has 4 rings (SSSR count). The number of carbonyl (C=O) groups is 1. The van der Waals surface area contributed by atoms with Crippen molar-refractivity contribution in [3.05, 3.63) is 46.6 Å². The van der Waals surface area contributed by atoms with Crippen molar-refractivity contribution in [1.29, 1.82) is 0 Å². The highest BCUT2D eigenvalue weighted by atomic mass is 32.1. The number of likely N-dealkylation sites (tertiary alicyclic amines) is 1. The number of ether oxygens (including phenoxy) is 1. The normalized spacial score (nSPS) is 16.9. The van der Waals surface area contributed by atoms with Gasteiger partial charge in [0.1, 0.15) is 5.82 Å². The van der Waals surface area contributed by atoms with Crippen molar-refractivity contribution in [1.82, 2.24) is 14.9 Å². The van der Waals surface area contributed by atoms with Gasteiger partial charge in [0.15, 0.2) is 5.13 Å². The number of fused-ring (bicyclic) bond motifs is 1. The number of nitrogens with zero attached hydrogens (tertiary/aromatic N) is 3. The first kappa shape index (κ1) is 22.6. The molecule has 1 amide bonds.